The Kier molecular flexibility index (Phi) is 12.7. The first-order valence-corrected chi connectivity index (χ1v) is 9.63. The number of hydrogen-bond acceptors (Lipinski definition) is 3. The molecule has 1 fully saturated rings. The maximum absolute atomic E-state index is 5.10. The summed E-state index contributed by atoms with van der Waals surface area (Å²) in [6, 6.07) is 8.71. The van der Waals surface area contributed by atoms with Gasteiger partial charge in [-0.25, -0.2) is 4.99 Å². The molecule has 0 aliphatic carbocycles. The molecule has 0 amide bonds. The van der Waals surface area contributed by atoms with E-state index in [1.54, 1.807) is 7.11 Å². The highest BCUT2D eigenvalue weighted by Gasteiger charge is 2.12. The number of guanidine groups is 1. The van der Waals surface area contributed by atoms with E-state index in [1.807, 2.05) is 0 Å². The van der Waals surface area contributed by atoms with Crippen LogP contribution in [0.1, 0.15) is 43.7 Å². The lowest BCUT2D eigenvalue weighted by molar-refractivity contribution is 0.195. The van der Waals surface area contributed by atoms with Crippen molar-refractivity contribution in [1.29, 1.82) is 0 Å². The average molecular weight is 474 g/mol. The van der Waals surface area contributed by atoms with E-state index in [0.29, 0.717) is 6.54 Å². The van der Waals surface area contributed by atoms with Gasteiger partial charge in [-0.05, 0) is 50.4 Å². The molecule has 2 N–H and O–H groups in total. The standard InChI is InChI=1S/C20H34N4O.HI/c1-3-21-20(22-12-9-15-25-2)23-16-18-10-5-6-11-19(18)17-24-13-7-4-8-14-24;/h5-6,10-11H,3-4,7-9,12-17H2,1-2H3,(H2,21,22,23);1H. The predicted molar refractivity (Wildman–Crippen MR) is 120 cm³/mol. The summed E-state index contributed by atoms with van der Waals surface area (Å²) in [6.07, 6.45) is 5.02. The quantitative estimate of drug-likeness (QED) is 0.250. The molecule has 6 heteroatoms. The van der Waals surface area contributed by atoms with Crippen LogP contribution in [0.5, 0.6) is 0 Å². The summed E-state index contributed by atoms with van der Waals surface area (Å²) in [6.45, 7) is 8.80. The van der Waals surface area contributed by atoms with Crippen LogP contribution >= 0.6 is 24.0 Å². The molecule has 1 saturated heterocycles. The monoisotopic (exact) mass is 474 g/mol. The maximum atomic E-state index is 5.10. The van der Waals surface area contributed by atoms with Gasteiger partial charge in [0.15, 0.2) is 5.96 Å². The number of benzene rings is 1. The summed E-state index contributed by atoms with van der Waals surface area (Å²) in [4.78, 5) is 7.34. The third-order valence-electron chi connectivity index (χ3n) is 4.53. The van der Waals surface area contributed by atoms with Crippen molar-refractivity contribution in [2.45, 2.75) is 45.7 Å². The minimum Gasteiger partial charge on any atom is -0.385 e. The number of nitrogens with one attached hydrogen (secondary N) is 2. The Labute approximate surface area is 176 Å². The van der Waals surface area contributed by atoms with Gasteiger partial charge in [0.1, 0.15) is 0 Å². The second kappa shape index (κ2) is 14.2. The summed E-state index contributed by atoms with van der Waals surface area (Å²) >= 11 is 0. The Morgan fingerprint density at radius 1 is 1.12 bits per heavy atom. The molecule has 0 aromatic heterocycles. The second-order valence-electron chi connectivity index (χ2n) is 6.57. The average Bonchev–Trinajstić information content (AvgIpc) is 2.65. The van der Waals surface area contributed by atoms with Crippen molar-refractivity contribution in [3.05, 3.63) is 35.4 Å². The van der Waals surface area contributed by atoms with E-state index < -0.39 is 0 Å². The van der Waals surface area contributed by atoms with Crippen molar-refractivity contribution in [3.8, 4) is 0 Å². The second-order valence-corrected chi connectivity index (χ2v) is 6.57. The van der Waals surface area contributed by atoms with E-state index in [9.17, 15) is 0 Å². The third-order valence-corrected chi connectivity index (χ3v) is 4.53. The number of hydrogen-bond donors (Lipinski definition) is 2. The summed E-state index contributed by atoms with van der Waals surface area (Å²) < 4.78 is 5.10. The first kappa shape index (κ1) is 23.2. The molecule has 1 aliphatic heterocycles. The molecule has 0 bridgehead atoms. The molecule has 0 spiro atoms. The van der Waals surface area contributed by atoms with E-state index in [-0.39, 0.29) is 24.0 Å². The van der Waals surface area contributed by atoms with Crippen LogP contribution in [0.4, 0.5) is 0 Å². The Balaban J connectivity index is 0.00000338. The van der Waals surface area contributed by atoms with Crippen LogP contribution in [0.25, 0.3) is 0 Å². The molecular formula is C20H35IN4O. The Bertz CT molecular complexity index is 518. The number of likely N-dealkylation sites (tertiary alicyclic amines) is 1. The molecule has 1 aromatic rings. The lowest BCUT2D eigenvalue weighted by atomic mass is 10.1. The van der Waals surface area contributed by atoms with Gasteiger partial charge < -0.3 is 15.4 Å². The molecule has 1 heterocycles. The van der Waals surface area contributed by atoms with Crippen LogP contribution in [0.15, 0.2) is 29.3 Å². The molecule has 26 heavy (non-hydrogen) atoms. The zero-order valence-corrected chi connectivity index (χ0v) is 18.6. The van der Waals surface area contributed by atoms with Gasteiger partial charge in [0.2, 0.25) is 0 Å². The summed E-state index contributed by atoms with van der Waals surface area (Å²) in [5, 5.41) is 6.69. The van der Waals surface area contributed by atoms with Crippen LogP contribution in [-0.2, 0) is 17.8 Å². The number of nitrogens with zero attached hydrogens (tertiary/aromatic N) is 2. The molecular weight excluding hydrogens is 439 g/mol. The Morgan fingerprint density at radius 2 is 1.85 bits per heavy atom. The van der Waals surface area contributed by atoms with Gasteiger partial charge in [-0.15, -0.1) is 24.0 Å². The molecule has 0 unspecified atom stereocenters. The topological polar surface area (TPSA) is 48.9 Å². The molecule has 0 saturated carbocycles. The van der Waals surface area contributed by atoms with E-state index in [2.05, 4.69) is 46.7 Å². The van der Waals surface area contributed by atoms with Gasteiger partial charge in [0, 0.05) is 33.4 Å². The largest absolute Gasteiger partial charge is 0.385 e. The van der Waals surface area contributed by atoms with Crippen molar-refractivity contribution in [2.75, 3.05) is 39.9 Å². The van der Waals surface area contributed by atoms with Gasteiger partial charge in [0.05, 0.1) is 6.54 Å². The Hall–Kier alpha value is -0.860. The van der Waals surface area contributed by atoms with E-state index in [4.69, 9.17) is 9.73 Å². The molecule has 148 valence electrons. The number of piperidine rings is 1. The minimum atomic E-state index is 0. The number of rotatable bonds is 9. The van der Waals surface area contributed by atoms with Crippen molar-refractivity contribution in [3.63, 3.8) is 0 Å². The normalized spacial score (nSPS) is 15.4. The van der Waals surface area contributed by atoms with Crippen molar-refractivity contribution < 1.29 is 4.74 Å². The maximum Gasteiger partial charge on any atom is 0.191 e. The van der Waals surface area contributed by atoms with Crippen molar-refractivity contribution >= 4 is 29.9 Å². The van der Waals surface area contributed by atoms with Gasteiger partial charge in [0.25, 0.3) is 0 Å². The molecule has 2 rings (SSSR count). The zero-order valence-electron chi connectivity index (χ0n) is 16.3. The van der Waals surface area contributed by atoms with Crippen LogP contribution < -0.4 is 10.6 Å². The smallest absolute Gasteiger partial charge is 0.191 e. The fourth-order valence-electron chi connectivity index (χ4n) is 3.15. The lowest BCUT2D eigenvalue weighted by Crippen LogP contribution is -2.38. The van der Waals surface area contributed by atoms with Gasteiger partial charge in [-0.3, -0.25) is 4.90 Å². The molecule has 1 aliphatic rings. The van der Waals surface area contributed by atoms with E-state index >= 15 is 0 Å². The summed E-state index contributed by atoms with van der Waals surface area (Å²) in [7, 11) is 1.73. The highest BCUT2D eigenvalue weighted by molar-refractivity contribution is 14.0. The van der Waals surface area contributed by atoms with Crippen LogP contribution in [0.2, 0.25) is 0 Å². The predicted octanol–water partition coefficient (Wildman–Crippen LogP) is 3.38. The molecule has 1 aromatic carbocycles. The van der Waals surface area contributed by atoms with E-state index in [0.717, 1.165) is 38.6 Å². The van der Waals surface area contributed by atoms with E-state index in [1.165, 1.54) is 43.5 Å². The highest BCUT2D eigenvalue weighted by atomic mass is 127. The van der Waals surface area contributed by atoms with Gasteiger partial charge in [-0.2, -0.15) is 0 Å². The Morgan fingerprint density at radius 3 is 2.54 bits per heavy atom. The SMILES string of the molecule is CCNC(=NCc1ccccc1CN1CCCCC1)NCCCOC.I. The number of ether oxygens (including phenoxy) is 1. The number of methoxy groups -OCH3 is 1. The first-order valence-electron chi connectivity index (χ1n) is 9.63. The van der Waals surface area contributed by atoms with Crippen LogP contribution in [-0.4, -0.2) is 50.8 Å². The van der Waals surface area contributed by atoms with Gasteiger partial charge >= 0.3 is 0 Å². The van der Waals surface area contributed by atoms with Gasteiger partial charge in [-0.1, -0.05) is 30.7 Å². The number of aliphatic imine (C=N–C) groups is 1. The zero-order chi connectivity index (χ0) is 17.7. The fraction of sp³-hybridized carbons (Fsp3) is 0.650. The highest BCUT2D eigenvalue weighted by Crippen LogP contribution is 2.16. The van der Waals surface area contributed by atoms with Crippen molar-refractivity contribution in [2.24, 2.45) is 4.99 Å². The summed E-state index contributed by atoms with van der Waals surface area (Å²) in [5.41, 5.74) is 2.73. The van der Waals surface area contributed by atoms with Crippen LogP contribution in [0.3, 0.4) is 0 Å². The van der Waals surface area contributed by atoms with Crippen LogP contribution in [0, 0.1) is 0 Å². The lowest BCUT2D eigenvalue weighted by Gasteiger charge is -2.27. The van der Waals surface area contributed by atoms with Crippen molar-refractivity contribution in [1.82, 2.24) is 15.5 Å². The fourth-order valence-corrected chi connectivity index (χ4v) is 3.15. The molecule has 0 radical (unpaired) electrons. The minimum absolute atomic E-state index is 0. The third kappa shape index (κ3) is 8.68. The summed E-state index contributed by atoms with van der Waals surface area (Å²) in [5.74, 6) is 0.881. The molecule has 5 nitrogen and oxygen atoms in total. The molecule has 0 atom stereocenters. The first-order chi connectivity index (χ1) is 12.3. The number of halogens is 1.